The van der Waals surface area contributed by atoms with Gasteiger partial charge in [-0.2, -0.15) is 0 Å². The number of benzene rings is 1. The summed E-state index contributed by atoms with van der Waals surface area (Å²) < 4.78 is 31.9. The van der Waals surface area contributed by atoms with E-state index in [9.17, 15) is 8.78 Å². The van der Waals surface area contributed by atoms with Gasteiger partial charge in [0.05, 0.1) is 18.4 Å². The van der Waals surface area contributed by atoms with Crippen LogP contribution in [0.3, 0.4) is 0 Å². The molecule has 0 aliphatic rings. The van der Waals surface area contributed by atoms with Gasteiger partial charge in [0.2, 0.25) is 0 Å². The Labute approximate surface area is 94.5 Å². The highest BCUT2D eigenvalue weighted by molar-refractivity contribution is 7.13. The van der Waals surface area contributed by atoms with Crippen LogP contribution in [0.1, 0.15) is 0 Å². The Hall–Kier alpha value is -1.69. The molecule has 2 N–H and O–H groups in total. The Bertz CT molecular complexity index is 504. The molecule has 0 bridgehead atoms. The van der Waals surface area contributed by atoms with Gasteiger partial charge in [-0.3, -0.25) is 0 Å². The Kier molecular flexibility index (Phi) is 2.74. The van der Waals surface area contributed by atoms with E-state index in [0.29, 0.717) is 0 Å². The van der Waals surface area contributed by atoms with E-state index in [4.69, 9.17) is 10.5 Å². The van der Waals surface area contributed by atoms with Gasteiger partial charge in [-0.05, 0) is 0 Å². The van der Waals surface area contributed by atoms with Crippen molar-refractivity contribution in [3.8, 4) is 17.0 Å². The second-order valence-electron chi connectivity index (χ2n) is 3.04. The lowest BCUT2D eigenvalue weighted by Gasteiger charge is -2.05. The van der Waals surface area contributed by atoms with Crippen molar-refractivity contribution in [2.24, 2.45) is 0 Å². The first-order chi connectivity index (χ1) is 7.61. The lowest BCUT2D eigenvalue weighted by Crippen LogP contribution is -1.94. The second kappa shape index (κ2) is 4.05. The summed E-state index contributed by atoms with van der Waals surface area (Å²) >= 11 is 1.13. The van der Waals surface area contributed by atoms with Crippen molar-refractivity contribution in [2.75, 3.05) is 12.8 Å². The molecule has 0 unspecified atom stereocenters. The van der Waals surface area contributed by atoms with E-state index in [1.54, 1.807) is 0 Å². The number of nitrogens with two attached hydrogens (primary N) is 1. The smallest absolute Gasteiger partial charge is 0.180 e. The third kappa shape index (κ3) is 1.83. The van der Waals surface area contributed by atoms with Crippen molar-refractivity contribution in [1.82, 2.24) is 4.98 Å². The SMILES string of the molecule is COc1cc(F)c(-c2csc(N)n2)c(F)c1. The zero-order valence-electron chi connectivity index (χ0n) is 8.33. The molecule has 2 rings (SSSR count). The topological polar surface area (TPSA) is 48.1 Å². The molecular weight excluding hydrogens is 234 g/mol. The van der Waals surface area contributed by atoms with Gasteiger partial charge in [0.25, 0.3) is 0 Å². The molecule has 0 saturated heterocycles. The van der Waals surface area contributed by atoms with Crippen LogP contribution in [0.25, 0.3) is 11.3 Å². The molecule has 0 aliphatic heterocycles. The minimum absolute atomic E-state index is 0.127. The molecule has 0 amide bonds. The predicted octanol–water partition coefficient (Wildman–Crippen LogP) is 2.68. The summed E-state index contributed by atoms with van der Waals surface area (Å²) in [7, 11) is 1.34. The molecule has 2 aromatic rings. The summed E-state index contributed by atoms with van der Waals surface area (Å²) in [6, 6.07) is 2.21. The Morgan fingerprint density at radius 2 is 1.94 bits per heavy atom. The number of thiazole rings is 1. The standard InChI is InChI=1S/C10H8F2N2OS/c1-15-5-2-6(11)9(7(12)3-5)8-4-16-10(13)14-8/h2-4H,1H3,(H2,13,14). The van der Waals surface area contributed by atoms with Crippen LogP contribution in [-0.2, 0) is 0 Å². The van der Waals surface area contributed by atoms with Crippen LogP contribution in [0.5, 0.6) is 5.75 Å². The number of nitrogen functional groups attached to an aromatic ring is 1. The Balaban J connectivity index is 2.57. The molecule has 0 saturated carbocycles. The maximum Gasteiger partial charge on any atom is 0.180 e. The van der Waals surface area contributed by atoms with Crippen LogP contribution in [0.15, 0.2) is 17.5 Å². The van der Waals surface area contributed by atoms with Gasteiger partial charge in [-0.1, -0.05) is 0 Å². The number of methoxy groups -OCH3 is 1. The Morgan fingerprint density at radius 1 is 1.31 bits per heavy atom. The van der Waals surface area contributed by atoms with E-state index in [2.05, 4.69) is 4.98 Å². The minimum Gasteiger partial charge on any atom is -0.497 e. The summed E-state index contributed by atoms with van der Waals surface area (Å²) in [5, 5.41) is 1.77. The fourth-order valence-electron chi connectivity index (χ4n) is 1.31. The number of hydrogen-bond acceptors (Lipinski definition) is 4. The lowest BCUT2D eigenvalue weighted by molar-refractivity contribution is 0.407. The lowest BCUT2D eigenvalue weighted by atomic mass is 10.1. The fourth-order valence-corrected chi connectivity index (χ4v) is 1.87. The van der Waals surface area contributed by atoms with Gasteiger partial charge in [0.15, 0.2) is 5.13 Å². The van der Waals surface area contributed by atoms with Crippen LogP contribution in [0.4, 0.5) is 13.9 Å². The van der Waals surface area contributed by atoms with Crippen molar-refractivity contribution in [1.29, 1.82) is 0 Å². The molecular formula is C10H8F2N2OS. The maximum absolute atomic E-state index is 13.6. The van der Waals surface area contributed by atoms with Gasteiger partial charge in [0.1, 0.15) is 17.4 Å². The zero-order valence-corrected chi connectivity index (χ0v) is 9.15. The molecule has 0 spiro atoms. The number of ether oxygens (including phenoxy) is 1. The first-order valence-electron chi connectivity index (χ1n) is 4.36. The first kappa shape index (κ1) is 10.8. The molecule has 0 aliphatic carbocycles. The zero-order chi connectivity index (χ0) is 11.7. The molecule has 3 nitrogen and oxygen atoms in total. The molecule has 1 aromatic carbocycles. The van der Waals surface area contributed by atoms with Crippen LogP contribution in [0, 0.1) is 11.6 Å². The molecule has 0 fully saturated rings. The summed E-state index contributed by atoms with van der Waals surface area (Å²) in [6.07, 6.45) is 0. The summed E-state index contributed by atoms with van der Waals surface area (Å²) in [4.78, 5) is 3.83. The predicted molar refractivity (Wildman–Crippen MR) is 58.4 cm³/mol. The van der Waals surface area contributed by atoms with Gasteiger partial charge in [-0.15, -0.1) is 11.3 Å². The largest absolute Gasteiger partial charge is 0.497 e. The quantitative estimate of drug-likeness (QED) is 0.880. The van der Waals surface area contributed by atoms with Crippen molar-refractivity contribution in [3.63, 3.8) is 0 Å². The third-order valence-electron chi connectivity index (χ3n) is 2.03. The summed E-state index contributed by atoms with van der Waals surface area (Å²) in [6.45, 7) is 0. The van der Waals surface area contributed by atoms with Crippen molar-refractivity contribution in [2.45, 2.75) is 0 Å². The van der Waals surface area contributed by atoms with Gasteiger partial charge in [0, 0.05) is 17.5 Å². The van der Waals surface area contributed by atoms with E-state index in [1.165, 1.54) is 12.5 Å². The van der Waals surface area contributed by atoms with E-state index < -0.39 is 11.6 Å². The highest BCUT2D eigenvalue weighted by Crippen LogP contribution is 2.30. The molecule has 16 heavy (non-hydrogen) atoms. The number of hydrogen-bond donors (Lipinski definition) is 1. The number of nitrogens with zero attached hydrogens (tertiary/aromatic N) is 1. The Morgan fingerprint density at radius 3 is 2.38 bits per heavy atom. The number of rotatable bonds is 2. The van der Waals surface area contributed by atoms with E-state index in [1.807, 2.05) is 0 Å². The second-order valence-corrected chi connectivity index (χ2v) is 3.93. The molecule has 0 radical (unpaired) electrons. The van der Waals surface area contributed by atoms with Gasteiger partial charge < -0.3 is 10.5 Å². The molecule has 1 heterocycles. The normalized spacial score (nSPS) is 10.4. The minimum atomic E-state index is -0.720. The highest BCUT2D eigenvalue weighted by atomic mass is 32.1. The highest BCUT2D eigenvalue weighted by Gasteiger charge is 2.16. The van der Waals surface area contributed by atoms with Crippen LogP contribution in [-0.4, -0.2) is 12.1 Å². The average Bonchev–Trinajstić information content (AvgIpc) is 2.63. The number of anilines is 1. The fraction of sp³-hybridized carbons (Fsp3) is 0.100. The van der Waals surface area contributed by atoms with E-state index >= 15 is 0 Å². The van der Waals surface area contributed by atoms with Crippen LogP contribution in [0.2, 0.25) is 0 Å². The van der Waals surface area contributed by atoms with Crippen LogP contribution < -0.4 is 10.5 Å². The van der Waals surface area contributed by atoms with Crippen molar-refractivity contribution in [3.05, 3.63) is 29.1 Å². The monoisotopic (exact) mass is 242 g/mol. The summed E-state index contributed by atoms with van der Waals surface area (Å²) in [5.74, 6) is -1.31. The molecule has 84 valence electrons. The number of halogens is 2. The van der Waals surface area contributed by atoms with Gasteiger partial charge >= 0.3 is 0 Å². The van der Waals surface area contributed by atoms with Crippen molar-refractivity contribution >= 4 is 16.5 Å². The van der Waals surface area contributed by atoms with Crippen LogP contribution >= 0.6 is 11.3 Å². The number of aromatic nitrogens is 1. The third-order valence-corrected chi connectivity index (χ3v) is 2.70. The molecule has 0 atom stereocenters. The average molecular weight is 242 g/mol. The first-order valence-corrected chi connectivity index (χ1v) is 5.24. The summed E-state index contributed by atoms with van der Waals surface area (Å²) in [5.41, 5.74) is 5.42. The van der Waals surface area contributed by atoms with E-state index in [0.717, 1.165) is 23.5 Å². The van der Waals surface area contributed by atoms with E-state index in [-0.39, 0.29) is 22.1 Å². The molecule has 6 heteroatoms. The maximum atomic E-state index is 13.6. The molecule has 1 aromatic heterocycles. The van der Waals surface area contributed by atoms with Crippen molar-refractivity contribution < 1.29 is 13.5 Å². The van der Waals surface area contributed by atoms with Gasteiger partial charge in [-0.25, -0.2) is 13.8 Å².